The number of piperidine rings is 1. The summed E-state index contributed by atoms with van der Waals surface area (Å²) >= 11 is 0. The summed E-state index contributed by atoms with van der Waals surface area (Å²) in [7, 11) is -3.14. The maximum atomic E-state index is 11.8. The predicted molar refractivity (Wildman–Crippen MR) is 129 cm³/mol. The molecule has 0 saturated carbocycles. The zero-order valence-electron chi connectivity index (χ0n) is 19.3. The Kier molecular flexibility index (Phi) is 5.68. The summed E-state index contributed by atoms with van der Waals surface area (Å²) in [6, 6.07) is 6.36. The molecule has 3 aliphatic heterocycles. The number of hydrogen-bond acceptors (Lipinski definition) is 7. The van der Waals surface area contributed by atoms with Crippen molar-refractivity contribution >= 4 is 38.5 Å². The molecule has 178 valence electrons. The van der Waals surface area contributed by atoms with Gasteiger partial charge in [-0.25, -0.2) is 22.7 Å². The molecule has 2 aromatic rings. The van der Waals surface area contributed by atoms with E-state index in [1.54, 1.807) is 6.92 Å². The number of likely N-dealkylation sites (tertiary alicyclic amines) is 1. The number of carbonyl (C=O) groups excluding carboxylic acids is 1. The number of nitrogens with zero attached hydrogens (tertiary/aromatic N) is 5. The van der Waals surface area contributed by atoms with Crippen molar-refractivity contribution in [3.8, 4) is 0 Å². The first-order chi connectivity index (χ1) is 15.7. The Morgan fingerprint density at radius 1 is 1.12 bits per heavy atom. The Morgan fingerprint density at radius 3 is 2.58 bits per heavy atom. The van der Waals surface area contributed by atoms with E-state index in [9.17, 15) is 13.2 Å². The summed E-state index contributed by atoms with van der Waals surface area (Å²) in [6.45, 7) is 6.29. The van der Waals surface area contributed by atoms with Crippen LogP contribution in [0.1, 0.15) is 32.6 Å². The normalized spacial score (nSPS) is 24.8. The van der Waals surface area contributed by atoms with Crippen molar-refractivity contribution in [1.29, 1.82) is 0 Å². The van der Waals surface area contributed by atoms with Crippen LogP contribution in [0.25, 0.3) is 10.9 Å². The predicted octanol–water partition coefficient (Wildman–Crippen LogP) is 1.91. The molecule has 5 rings (SSSR count). The second-order valence-electron chi connectivity index (χ2n) is 9.85. The Balaban J connectivity index is 1.32. The number of sulfonamides is 1. The summed E-state index contributed by atoms with van der Waals surface area (Å²) < 4.78 is 25.1. The number of aromatic nitrogens is 2. The number of fused-ring (bicyclic) bond motifs is 1. The molecule has 0 aliphatic carbocycles. The number of nitrogens with one attached hydrogen (secondary N) is 1. The zero-order valence-corrected chi connectivity index (χ0v) is 20.1. The summed E-state index contributed by atoms with van der Waals surface area (Å²) in [5.41, 5.74) is 2.22. The van der Waals surface area contributed by atoms with Crippen LogP contribution in [-0.4, -0.2) is 85.1 Å². The van der Waals surface area contributed by atoms with Crippen molar-refractivity contribution in [3.05, 3.63) is 24.4 Å². The molecule has 1 unspecified atom stereocenters. The first-order valence-corrected chi connectivity index (χ1v) is 13.6. The van der Waals surface area contributed by atoms with Gasteiger partial charge in [0, 0.05) is 69.2 Å². The second-order valence-corrected chi connectivity index (χ2v) is 11.8. The van der Waals surface area contributed by atoms with E-state index in [2.05, 4.69) is 27.3 Å². The lowest BCUT2D eigenvalue weighted by Gasteiger charge is -2.30. The molecule has 1 N–H and O–H groups in total. The summed E-state index contributed by atoms with van der Waals surface area (Å²) in [4.78, 5) is 25.6. The average Bonchev–Trinajstić information content (AvgIpc) is 3.40. The SMILES string of the molecule is CC(=O)N1CCC2(CCN(c3cccc4cnc(NC5CCN(S(C)(=O)=O)CC5)nc34)C2)C1. The molecule has 1 atom stereocenters. The van der Waals surface area contributed by atoms with Gasteiger partial charge in [0.25, 0.3) is 0 Å². The molecule has 3 aliphatic rings. The minimum atomic E-state index is -3.14. The fourth-order valence-electron chi connectivity index (χ4n) is 5.56. The highest BCUT2D eigenvalue weighted by atomic mass is 32.2. The lowest BCUT2D eigenvalue weighted by Crippen LogP contribution is -2.42. The first kappa shape index (κ1) is 22.3. The van der Waals surface area contributed by atoms with Crippen LogP contribution in [0.5, 0.6) is 0 Å². The molecule has 0 bridgehead atoms. The third-order valence-corrected chi connectivity index (χ3v) is 8.81. The number of para-hydroxylation sites is 1. The molecule has 10 heteroatoms. The van der Waals surface area contributed by atoms with Crippen molar-refractivity contribution in [3.63, 3.8) is 0 Å². The molecule has 0 radical (unpaired) electrons. The maximum absolute atomic E-state index is 11.8. The highest BCUT2D eigenvalue weighted by molar-refractivity contribution is 7.88. The fourth-order valence-corrected chi connectivity index (χ4v) is 6.43. The van der Waals surface area contributed by atoms with Crippen LogP contribution in [0.3, 0.4) is 0 Å². The molecule has 4 heterocycles. The van der Waals surface area contributed by atoms with E-state index in [1.807, 2.05) is 17.2 Å². The van der Waals surface area contributed by atoms with Crippen molar-refractivity contribution in [2.45, 2.75) is 38.6 Å². The van der Waals surface area contributed by atoms with Crippen LogP contribution in [0.2, 0.25) is 0 Å². The van der Waals surface area contributed by atoms with Crippen LogP contribution in [-0.2, 0) is 14.8 Å². The fraction of sp³-hybridized carbons (Fsp3) is 0.609. The monoisotopic (exact) mass is 472 g/mol. The Labute approximate surface area is 195 Å². The van der Waals surface area contributed by atoms with Gasteiger partial charge in [0.1, 0.15) is 0 Å². The van der Waals surface area contributed by atoms with Gasteiger partial charge in [0.05, 0.1) is 17.5 Å². The molecular formula is C23H32N6O3S. The van der Waals surface area contributed by atoms with E-state index in [4.69, 9.17) is 4.98 Å². The Hall–Kier alpha value is -2.46. The number of anilines is 2. The van der Waals surface area contributed by atoms with Crippen LogP contribution in [0.15, 0.2) is 24.4 Å². The number of benzene rings is 1. The third kappa shape index (κ3) is 4.50. The van der Waals surface area contributed by atoms with Gasteiger partial charge in [-0.3, -0.25) is 4.79 Å². The van der Waals surface area contributed by atoms with Crippen molar-refractivity contribution in [2.24, 2.45) is 5.41 Å². The Morgan fingerprint density at radius 2 is 1.88 bits per heavy atom. The van der Waals surface area contributed by atoms with Crippen LogP contribution in [0.4, 0.5) is 11.6 Å². The van der Waals surface area contributed by atoms with E-state index < -0.39 is 10.0 Å². The molecule has 1 aromatic carbocycles. The van der Waals surface area contributed by atoms with Gasteiger partial charge < -0.3 is 15.1 Å². The highest BCUT2D eigenvalue weighted by Gasteiger charge is 2.44. The van der Waals surface area contributed by atoms with Crippen LogP contribution >= 0.6 is 0 Å². The van der Waals surface area contributed by atoms with E-state index in [1.165, 1.54) is 10.6 Å². The highest BCUT2D eigenvalue weighted by Crippen LogP contribution is 2.42. The van der Waals surface area contributed by atoms with E-state index in [-0.39, 0.29) is 17.4 Å². The zero-order chi connectivity index (χ0) is 23.2. The number of amides is 1. The smallest absolute Gasteiger partial charge is 0.223 e. The van der Waals surface area contributed by atoms with Gasteiger partial charge in [0.15, 0.2) is 0 Å². The van der Waals surface area contributed by atoms with Crippen LogP contribution in [0, 0.1) is 5.41 Å². The van der Waals surface area contributed by atoms with Gasteiger partial charge in [0.2, 0.25) is 21.9 Å². The molecule has 33 heavy (non-hydrogen) atoms. The van der Waals surface area contributed by atoms with Crippen molar-refractivity contribution in [1.82, 2.24) is 19.2 Å². The lowest BCUT2D eigenvalue weighted by molar-refractivity contribution is -0.128. The molecule has 3 fully saturated rings. The standard InChI is InChI=1S/C23H32N6O3S/c1-17(30)27-12-8-23(15-27)9-13-28(16-23)20-5-3-4-18-14-24-22(26-21(18)20)25-19-6-10-29(11-7-19)33(2,31)32/h3-5,14,19H,6-13,15-16H2,1-2H3,(H,24,25,26). The molecule has 1 aromatic heterocycles. The molecule has 1 spiro atoms. The quantitative estimate of drug-likeness (QED) is 0.726. The molecule has 9 nitrogen and oxygen atoms in total. The number of rotatable bonds is 4. The maximum Gasteiger partial charge on any atom is 0.223 e. The minimum Gasteiger partial charge on any atom is -0.369 e. The van der Waals surface area contributed by atoms with E-state index in [0.717, 1.165) is 68.5 Å². The Bertz CT molecular complexity index is 1160. The van der Waals surface area contributed by atoms with Gasteiger partial charge in [-0.15, -0.1) is 0 Å². The van der Waals surface area contributed by atoms with Gasteiger partial charge in [-0.2, -0.15) is 0 Å². The van der Waals surface area contributed by atoms with Gasteiger partial charge in [-0.1, -0.05) is 12.1 Å². The molecular weight excluding hydrogens is 440 g/mol. The first-order valence-electron chi connectivity index (χ1n) is 11.7. The number of carbonyl (C=O) groups is 1. The third-order valence-electron chi connectivity index (χ3n) is 7.51. The summed E-state index contributed by atoms with van der Waals surface area (Å²) in [5, 5.41) is 4.43. The second kappa shape index (κ2) is 8.39. The lowest BCUT2D eigenvalue weighted by atomic mass is 9.86. The van der Waals surface area contributed by atoms with Crippen molar-refractivity contribution < 1.29 is 13.2 Å². The summed E-state index contributed by atoms with van der Waals surface area (Å²) in [5.74, 6) is 0.756. The van der Waals surface area contributed by atoms with E-state index in [0.29, 0.717) is 19.0 Å². The molecule has 3 saturated heterocycles. The minimum absolute atomic E-state index is 0.152. The summed E-state index contributed by atoms with van der Waals surface area (Å²) in [6.07, 6.45) is 6.73. The molecule has 1 amide bonds. The van der Waals surface area contributed by atoms with Crippen LogP contribution < -0.4 is 10.2 Å². The van der Waals surface area contributed by atoms with Crippen molar-refractivity contribution in [2.75, 3.05) is 55.7 Å². The average molecular weight is 473 g/mol. The van der Waals surface area contributed by atoms with Gasteiger partial charge in [-0.05, 0) is 31.7 Å². The largest absolute Gasteiger partial charge is 0.369 e. The topological polar surface area (TPSA) is 98.7 Å². The number of hydrogen-bond donors (Lipinski definition) is 1. The van der Waals surface area contributed by atoms with E-state index >= 15 is 0 Å². The van der Waals surface area contributed by atoms with Gasteiger partial charge >= 0.3 is 0 Å².